The maximum atomic E-state index is 6.41. The Hall–Kier alpha value is -0.280. The van der Waals surface area contributed by atoms with Gasteiger partial charge in [0.15, 0.2) is 0 Å². The fourth-order valence-electron chi connectivity index (χ4n) is 3.08. The lowest BCUT2D eigenvalue weighted by molar-refractivity contribution is 0.498. The minimum atomic E-state index is 0.261. The molecule has 1 aliphatic heterocycles. The molecule has 86 valence electrons. The molecule has 16 heavy (non-hydrogen) atoms. The number of fused-ring (bicyclic) bond motifs is 2. The van der Waals surface area contributed by atoms with Gasteiger partial charge in [0.25, 0.3) is 0 Å². The Morgan fingerprint density at radius 1 is 1.62 bits per heavy atom. The van der Waals surface area contributed by atoms with Gasteiger partial charge >= 0.3 is 0 Å². The fraction of sp³-hybridized carbons (Fsp3) is 0.583. The van der Waals surface area contributed by atoms with E-state index < -0.39 is 0 Å². The van der Waals surface area contributed by atoms with Crippen LogP contribution in [0.2, 0.25) is 5.02 Å². The van der Waals surface area contributed by atoms with Crippen molar-refractivity contribution < 1.29 is 0 Å². The van der Waals surface area contributed by atoms with Crippen LogP contribution < -0.4 is 5.32 Å². The van der Waals surface area contributed by atoms with Gasteiger partial charge in [-0.25, -0.2) is 4.98 Å². The Labute approximate surface area is 109 Å². The van der Waals surface area contributed by atoms with E-state index in [9.17, 15) is 0 Å². The van der Waals surface area contributed by atoms with E-state index in [4.69, 9.17) is 11.6 Å². The van der Waals surface area contributed by atoms with Crippen LogP contribution in [0.25, 0.3) is 0 Å². The van der Waals surface area contributed by atoms with Crippen molar-refractivity contribution in [3.05, 3.63) is 21.3 Å². The monoisotopic (exact) mass is 300 g/mol. The van der Waals surface area contributed by atoms with Gasteiger partial charge < -0.3 is 5.32 Å². The summed E-state index contributed by atoms with van der Waals surface area (Å²) in [7, 11) is 0. The van der Waals surface area contributed by atoms with Crippen molar-refractivity contribution >= 4 is 33.3 Å². The zero-order chi connectivity index (χ0) is 11.5. The topological polar surface area (TPSA) is 24.9 Å². The van der Waals surface area contributed by atoms with Crippen molar-refractivity contribution in [2.75, 3.05) is 11.9 Å². The van der Waals surface area contributed by atoms with E-state index in [0.717, 1.165) is 27.8 Å². The summed E-state index contributed by atoms with van der Waals surface area (Å²) < 4.78 is 0.908. The number of hydrogen-bond donors (Lipinski definition) is 1. The number of nitrogens with zero attached hydrogens (tertiary/aromatic N) is 1. The molecule has 1 aliphatic carbocycles. The van der Waals surface area contributed by atoms with Crippen LogP contribution in [0.4, 0.5) is 5.82 Å². The number of nitrogens with one attached hydrogen (secondary N) is 1. The quantitative estimate of drug-likeness (QED) is 0.852. The predicted octanol–water partition coefficient (Wildman–Crippen LogP) is 3.84. The van der Waals surface area contributed by atoms with Crippen LogP contribution in [0.3, 0.4) is 0 Å². The molecule has 0 radical (unpaired) electrons. The van der Waals surface area contributed by atoms with Gasteiger partial charge in [-0.2, -0.15) is 0 Å². The molecule has 3 rings (SSSR count). The summed E-state index contributed by atoms with van der Waals surface area (Å²) in [5.74, 6) is 2.44. The fourth-order valence-corrected chi connectivity index (χ4v) is 3.71. The highest BCUT2D eigenvalue weighted by Gasteiger charge is 2.60. The minimum Gasteiger partial charge on any atom is -0.369 e. The van der Waals surface area contributed by atoms with Crippen LogP contribution in [-0.4, -0.2) is 11.5 Å². The number of pyridine rings is 1. The number of aromatic nitrogens is 1. The number of halogens is 2. The summed E-state index contributed by atoms with van der Waals surface area (Å²) >= 11 is 9.87. The highest BCUT2D eigenvalue weighted by Crippen LogP contribution is 2.63. The molecule has 1 saturated carbocycles. The van der Waals surface area contributed by atoms with Crippen LogP contribution in [-0.2, 0) is 5.41 Å². The maximum absolute atomic E-state index is 6.41. The molecule has 1 aromatic heterocycles. The highest BCUT2D eigenvalue weighted by atomic mass is 79.9. The maximum Gasteiger partial charge on any atom is 0.131 e. The first-order chi connectivity index (χ1) is 7.56. The standard InChI is InChI=1S/C12H14BrClN2/c1-6(2)7-3-12(7)5-16-11-9(12)10(14)8(13)4-15-11/h4,6-7H,3,5H2,1-2H3,(H,15,16)/t7-,12-/m1/s1. The van der Waals surface area contributed by atoms with Crippen molar-refractivity contribution in [3.8, 4) is 0 Å². The van der Waals surface area contributed by atoms with Crippen LogP contribution >= 0.6 is 27.5 Å². The molecular formula is C12H14BrClN2. The third-order valence-electron chi connectivity index (χ3n) is 3.98. The molecule has 2 heterocycles. The predicted molar refractivity (Wildman–Crippen MR) is 70.1 cm³/mol. The lowest BCUT2D eigenvalue weighted by Gasteiger charge is -2.13. The van der Waals surface area contributed by atoms with E-state index in [2.05, 4.69) is 40.1 Å². The van der Waals surface area contributed by atoms with Gasteiger partial charge in [0.1, 0.15) is 5.82 Å². The first-order valence-electron chi connectivity index (χ1n) is 5.64. The van der Waals surface area contributed by atoms with Crippen LogP contribution in [0, 0.1) is 11.8 Å². The molecule has 2 atom stereocenters. The van der Waals surface area contributed by atoms with Gasteiger partial charge in [-0.15, -0.1) is 0 Å². The van der Waals surface area contributed by atoms with E-state index >= 15 is 0 Å². The summed E-state index contributed by atoms with van der Waals surface area (Å²) in [6, 6.07) is 0. The van der Waals surface area contributed by atoms with E-state index in [1.165, 1.54) is 12.0 Å². The van der Waals surface area contributed by atoms with E-state index in [1.807, 2.05) is 0 Å². The number of anilines is 1. The van der Waals surface area contributed by atoms with Crippen molar-refractivity contribution in [1.82, 2.24) is 4.98 Å². The molecule has 4 heteroatoms. The van der Waals surface area contributed by atoms with Crippen molar-refractivity contribution in [1.29, 1.82) is 0 Å². The summed E-state index contributed by atoms with van der Waals surface area (Å²) in [4.78, 5) is 4.41. The molecular weight excluding hydrogens is 288 g/mol. The SMILES string of the molecule is CC(C)[C@H]1C[C@@]12CNc1ncc(Br)c(Cl)c12. The molecule has 1 aromatic rings. The first-order valence-corrected chi connectivity index (χ1v) is 6.82. The highest BCUT2D eigenvalue weighted by molar-refractivity contribution is 9.10. The number of rotatable bonds is 1. The van der Waals surface area contributed by atoms with Gasteiger partial charge in [0.05, 0.1) is 9.50 Å². The number of hydrogen-bond acceptors (Lipinski definition) is 2. The van der Waals surface area contributed by atoms with Gasteiger partial charge in [0, 0.05) is 23.7 Å². The Morgan fingerprint density at radius 3 is 3.00 bits per heavy atom. The minimum absolute atomic E-state index is 0.261. The van der Waals surface area contributed by atoms with E-state index in [-0.39, 0.29) is 5.41 Å². The van der Waals surface area contributed by atoms with Crippen LogP contribution in [0.1, 0.15) is 25.8 Å². The van der Waals surface area contributed by atoms with Crippen molar-refractivity contribution in [2.24, 2.45) is 11.8 Å². The average Bonchev–Trinajstić information content (AvgIpc) is 2.83. The molecule has 2 nitrogen and oxygen atoms in total. The Bertz CT molecular complexity index is 461. The summed E-state index contributed by atoms with van der Waals surface area (Å²) in [5, 5.41) is 4.23. The smallest absolute Gasteiger partial charge is 0.131 e. The second-order valence-electron chi connectivity index (χ2n) is 5.21. The van der Waals surface area contributed by atoms with Gasteiger partial charge in [-0.1, -0.05) is 25.4 Å². The molecule has 0 unspecified atom stereocenters. The van der Waals surface area contributed by atoms with E-state index in [1.54, 1.807) is 6.20 Å². The Balaban J connectivity index is 2.10. The lowest BCUT2D eigenvalue weighted by Crippen LogP contribution is -2.15. The molecule has 1 spiro atoms. The molecule has 0 bridgehead atoms. The van der Waals surface area contributed by atoms with E-state index in [0.29, 0.717) is 5.92 Å². The third kappa shape index (κ3) is 1.28. The third-order valence-corrected chi connectivity index (χ3v) is 5.20. The largest absolute Gasteiger partial charge is 0.369 e. The zero-order valence-electron chi connectivity index (χ0n) is 9.35. The van der Waals surface area contributed by atoms with Crippen molar-refractivity contribution in [2.45, 2.75) is 25.7 Å². The Kier molecular flexibility index (Phi) is 2.28. The van der Waals surface area contributed by atoms with Crippen molar-refractivity contribution in [3.63, 3.8) is 0 Å². The second-order valence-corrected chi connectivity index (χ2v) is 6.44. The molecule has 2 aliphatic rings. The zero-order valence-corrected chi connectivity index (χ0v) is 11.7. The van der Waals surface area contributed by atoms with Gasteiger partial charge in [-0.3, -0.25) is 0 Å². The molecule has 0 aromatic carbocycles. The van der Waals surface area contributed by atoms with Gasteiger partial charge in [-0.05, 0) is 34.2 Å². The van der Waals surface area contributed by atoms with Crippen LogP contribution in [0.15, 0.2) is 10.7 Å². The summed E-state index contributed by atoms with van der Waals surface area (Å²) in [6.45, 7) is 5.57. The summed E-state index contributed by atoms with van der Waals surface area (Å²) in [6.07, 6.45) is 3.02. The first kappa shape index (κ1) is 10.8. The molecule has 1 fully saturated rings. The second kappa shape index (κ2) is 3.36. The van der Waals surface area contributed by atoms with Gasteiger partial charge in [0.2, 0.25) is 0 Å². The molecule has 0 saturated heterocycles. The Morgan fingerprint density at radius 2 is 2.38 bits per heavy atom. The average molecular weight is 302 g/mol. The summed E-state index contributed by atoms with van der Waals surface area (Å²) in [5.41, 5.74) is 1.50. The molecule has 0 amide bonds. The normalized spacial score (nSPS) is 30.7. The molecule has 1 N–H and O–H groups in total. The van der Waals surface area contributed by atoms with Crippen LogP contribution in [0.5, 0.6) is 0 Å². The lowest BCUT2D eigenvalue weighted by atomic mass is 9.92.